The summed E-state index contributed by atoms with van der Waals surface area (Å²) < 4.78 is 81.9. The fraction of sp³-hybridized carbons (Fsp3) is 0.292. The highest BCUT2D eigenvalue weighted by atomic mass is 35.5. The molecule has 0 bridgehead atoms. The van der Waals surface area contributed by atoms with E-state index in [1.807, 2.05) is 0 Å². The summed E-state index contributed by atoms with van der Waals surface area (Å²) >= 11 is 5.93. The fourth-order valence-corrected chi connectivity index (χ4v) is 4.71. The average molecular weight is 574 g/mol. The number of rotatable bonds is 10. The second-order valence-corrected chi connectivity index (χ2v) is 10.2. The van der Waals surface area contributed by atoms with Gasteiger partial charge in [0, 0.05) is 17.0 Å². The van der Waals surface area contributed by atoms with Crippen LogP contribution in [0.3, 0.4) is 0 Å². The zero-order valence-electron chi connectivity index (χ0n) is 20.4. The van der Waals surface area contributed by atoms with Gasteiger partial charge in [-0.1, -0.05) is 11.6 Å². The van der Waals surface area contributed by atoms with Gasteiger partial charge in [-0.15, -0.1) is 0 Å². The topological polar surface area (TPSA) is 117 Å². The molecule has 1 heterocycles. The number of amides is 1. The number of halogens is 4. The lowest BCUT2D eigenvalue weighted by atomic mass is 10.1. The van der Waals surface area contributed by atoms with Gasteiger partial charge in [-0.3, -0.25) is 4.79 Å². The van der Waals surface area contributed by atoms with E-state index in [9.17, 15) is 26.4 Å². The van der Waals surface area contributed by atoms with Gasteiger partial charge in [0.1, 0.15) is 11.4 Å². The van der Waals surface area contributed by atoms with Gasteiger partial charge in [-0.2, -0.15) is 13.2 Å². The van der Waals surface area contributed by atoms with Crippen LogP contribution in [0, 0.1) is 0 Å². The third kappa shape index (κ3) is 7.04. The molecule has 0 unspecified atom stereocenters. The van der Waals surface area contributed by atoms with Crippen molar-refractivity contribution in [3.8, 4) is 28.5 Å². The summed E-state index contributed by atoms with van der Waals surface area (Å²) in [6, 6.07) is 9.44. The molecule has 1 aromatic heterocycles. The lowest BCUT2D eigenvalue weighted by molar-refractivity contribution is -0.141. The molecule has 1 N–H and O–H groups in total. The van der Waals surface area contributed by atoms with Crippen molar-refractivity contribution in [2.45, 2.75) is 24.2 Å². The van der Waals surface area contributed by atoms with Gasteiger partial charge >= 0.3 is 6.18 Å². The summed E-state index contributed by atoms with van der Waals surface area (Å²) in [5, 5.41) is 1.90. The summed E-state index contributed by atoms with van der Waals surface area (Å²) in [7, 11) is -0.261. The van der Waals surface area contributed by atoms with Crippen LogP contribution >= 0.6 is 11.6 Å². The number of nitrogens with one attached hydrogen (secondary N) is 1. The van der Waals surface area contributed by atoms with Gasteiger partial charge in [0.15, 0.2) is 11.5 Å². The first-order valence-corrected chi connectivity index (χ1v) is 13.0. The zero-order chi connectivity index (χ0) is 28.1. The van der Waals surface area contributed by atoms with Crippen LogP contribution in [-0.2, 0) is 20.8 Å². The van der Waals surface area contributed by atoms with Crippen LogP contribution in [0.2, 0.25) is 5.02 Å². The molecular weight excluding hydrogens is 551 g/mol. The van der Waals surface area contributed by atoms with Gasteiger partial charge in [-0.05, 0) is 48.9 Å². The van der Waals surface area contributed by atoms with E-state index in [4.69, 9.17) is 25.8 Å². The largest absolute Gasteiger partial charge is 0.495 e. The van der Waals surface area contributed by atoms with E-state index in [1.54, 1.807) is 12.1 Å². The second kappa shape index (κ2) is 11.9. The molecule has 3 rings (SSSR count). The molecule has 0 aliphatic carbocycles. The maximum atomic E-state index is 13.6. The Bertz CT molecular complexity index is 1430. The third-order valence-corrected chi connectivity index (χ3v) is 7.01. The number of carbonyl (C=O) groups excluding carboxylic acids is 1. The van der Waals surface area contributed by atoms with E-state index in [1.165, 1.54) is 45.6 Å². The minimum atomic E-state index is -4.94. The van der Waals surface area contributed by atoms with Crippen LogP contribution in [0.1, 0.15) is 18.5 Å². The standard InChI is InChI=1S/C24H23ClF3N3O6S/c1-35-18-9-7-15(25)12-17(18)29-22(32)5-4-10-38(33,34)23-30-16(13-21(31-23)24(26,27)28)14-6-8-19(36-2)20(11-14)37-3/h6-9,11-13H,4-5,10H2,1-3H3,(H,29,32). The molecule has 0 aliphatic heterocycles. The number of aromatic nitrogens is 2. The molecule has 204 valence electrons. The molecule has 0 aliphatic rings. The zero-order valence-corrected chi connectivity index (χ0v) is 22.0. The van der Waals surface area contributed by atoms with Gasteiger partial charge in [0.2, 0.25) is 20.9 Å². The number of anilines is 1. The van der Waals surface area contributed by atoms with Crippen molar-refractivity contribution in [3.05, 3.63) is 53.2 Å². The van der Waals surface area contributed by atoms with Gasteiger partial charge in [-0.25, -0.2) is 18.4 Å². The van der Waals surface area contributed by atoms with Crippen molar-refractivity contribution in [1.29, 1.82) is 0 Å². The summed E-state index contributed by atoms with van der Waals surface area (Å²) in [5.41, 5.74) is -1.27. The van der Waals surface area contributed by atoms with Crippen LogP contribution in [0.5, 0.6) is 17.2 Å². The summed E-state index contributed by atoms with van der Waals surface area (Å²) in [6.45, 7) is 0. The van der Waals surface area contributed by atoms with E-state index in [0.717, 1.165) is 0 Å². The van der Waals surface area contributed by atoms with Gasteiger partial charge in [0.05, 0.1) is 38.5 Å². The summed E-state index contributed by atoms with van der Waals surface area (Å²) in [6.07, 6.45) is -5.40. The Hall–Kier alpha value is -3.58. The number of benzene rings is 2. The van der Waals surface area contributed by atoms with E-state index in [2.05, 4.69) is 15.3 Å². The molecule has 0 atom stereocenters. The molecule has 14 heteroatoms. The van der Waals surface area contributed by atoms with Crippen molar-refractivity contribution < 1.29 is 40.6 Å². The Labute approximate surface area is 221 Å². The molecule has 38 heavy (non-hydrogen) atoms. The molecule has 2 aromatic carbocycles. The Morgan fingerprint density at radius 3 is 2.24 bits per heavy atom. The summed E-state index contributed by atoms with van der Waals surface area (Å²) in [4.78, 5) is 19.5. The van der Waals surface area contributed by atoms with E-state index < -0.39 is 38.5 Å². The highest BCUT2D eigenvalue weighted by Crippen LogP contribution is 2.35. The Kier molecular flexibility index (Phi) is 9.05. The Balaban J connectivity index is 1.83. The molecule has 0 spiro atoms. The number of nitrogens with zero attached hydrogens (tertiary/aromatic N) is 2. The monoisotopic (exact) mass is 573 g/mol. The van der Waals surface area contributed by atoms with Crippen molar-refractivity contribution in [2.75, 3.05) is 32.4 Å². The molecule has 0 saturated carbocycles. The number of hydrogen-bond acceptors (Lipinski definition) is 8. The van der Waals surface area contributed by atoms with Crippen molar-refractivity contribution in [1.82, 2.24) is 9.97 Å². The third-order valence-electron chi connectivity index (χ3n) is 5.21. The highest BCUT2D eigenvalue weighted by molar-refractivity contribution is 7.91. The Morgan fingerprint density at radius 1 is 0.947 bits per heavy atom. The quantitative estimate of drug-likeness (QED) is 0.336. The second-order valence-electron chi connectivity index (χ2n) is 7.80. The van der Waals surface area contributed by atoms with Crippen LogP contribution < -0.4 is 19.5 Å². The van der Waals surface area contributed by atoms with Crippen molar-refractivity contribution in [3.63, 3.8) is 0 Å². The predicted octanol–water partition coefficient (Wildman–Crippen LogP) is 5.03. The van der Waals surface area contributed by atoms with Crippen LogP contribution in [0.25, 0.3) is 11.3 Å². The maximum Gasteiger partial charge on any atom is 0.433 e. The van der Waals surface area contributed by atoms with Crippen molar-refractivity contribution in [2.24, 2.45) is 0 Å². The van der Waals surface area contributed by atoms with Gasteiger partial charge < -0.3 is 19.5 Å². The molecule has 3 aromatic rings. The fourth-order valence-electron chi connectivity index (χ4n) is 3.36. The number of carbonyl (C=O) groups is 1. The first-order chi connectivity index (χ1) is 17.9. The summed E-state index contributed by atoms with van der Waals surface area (Å²) in [5.74, 6) is -0.335. The molecule has 1 amide bonds. The minimum Gasteiger partial charge on any atom is -0.495 e. The van der Waals surface area contributed by atoms with Crippen molar-refractivity contribution >= 4 is 33.0 Å². The first kappa shape index (κ1) is 29.0. The van der Waals surface area contributed by atoms with Crippen LogP contribution in [-0.4, -0.2) is 51.4 Å². The SMILES string of the molecule is COc1ccc(Cl)cc1NC(=O)CCCS(=O)(=O)c1nc(-c2ccc(OC)c(OC)c2)cc(C(F)(F)F)n1. The Morgan fingerprint density at radius 2 is 1.61 bits per heavy atom. The normalized spacial score (nSPS) is 11.7. The van der Waals surface area contributed by atoms with E-state index in [0.29, 0.717) is 22.6 Å². The van der Waals surface area contributed by atoms with Crippen LogP contribution in [0.4, 0.5) is 18.9 Å². The number of methoxy groups -OCH3 is 3. The lowest BCUT2D eigenvalue weighted by Crippen LogP contribution is -2.18. The number of ether oxygens (including phenoxy) is 3. The number of sulfone groups is 1. The number of hydrogen-bond donors (Lipinski definition) is 1. The van der Waals surface area contributed by atoms with E-state index >= 15 is 0 Å². The van der Waals surface area contributed by atoms with Gasteiger partial charge in [0.25, 0.3) is 0 Å². The molecule has 0 radical (unpaired) electrons. The first-order valence-electron chi connectivity index (χ1n) is 10.9. The molecule has 0 fully saturated rings. The molecular formula is C24H23ClF3N3O6S. The minimum absolute atomic E-state index is 0.154. The average Bonchev–Trinajstić information content (AvgIpc) is 2.87. The predicted molar refractivity (Wildman–Crippen MR) is 133 cm³/mol. The molecule has 0 saturated heterocycles. The highest BCUT2D eigenvalue weighted by Gasteiger charge is 2.35. The van der Waals surface area contributed by atoms with Crippen LogP contribution in [0.15, 0.2) is 47.6 Å². The smallest absolute Gasteiger partial charge is 0.433 e. The number of alkyl halides is 3. The van der Waals surface area contributed by atoms with E-state index in [-0.39, 0.29) is 35.5 Å². The lowest BCUT2D eigenvalue weighted by Gasteiger charge is -2.13. The maximum absolute atomic E-state index is 13.6. The molecule has 9 nitrogen and oxygen atoms in total.